The molecule has 1 saturated carbocycles. The summed E-state index contributed by atoms with van der Waals surface area (Å²) in [6.07, 6.45) is 7.72. The second-order valence-corrected chi connectivity index (χ2v) is 4.90. The molecule has 0 unspecified atom stereocenters. The number of nitrogens with zero attached hydrogens (tertiary/aromatic N) is 3. The van der Waals surface area contributed by atoms with E-state index in [0.717, 1.165) is 13.0 Å². The molecule has 0 radical (unpaired) electrons. The molecule has 1 fully saturated rings. The zero-order chi connectivity index (χ0) is 11.6. The Morgan fingerprint density at radius 1 is 1.56 bits per heavy atom. The van der Waals surface area contributed by atoms with Crippen LogP contribution in [0.5, 0.6) is 0 Å². The highest BCUT2D eigenvalue weighted by atomic mass is 16.4. The van der Waals surface area contributed by atoms with Crippen LogP contribution < -0.4 is 0 Å². The summed E-state index contributed by atoms with van der Waals surface area (Å²) in [7, 11) is 0. The third kappa shape index (κ3) is 2.40. The molecule has 88 valence electrons. The molecule has 1 aliphatic carbocycles. The van der Waals surface area contributed by atoms with E-state index in [1.54, 1.807) is 4.68 Å². The van der Waals surface area contributed by atoms with Crippen molar-refractivity contribution in [2.75, 3.05) is 0 Å². The Morgan fingerprint density at radius 2 is 2.25 bits per heavy atom. The molecule has 0 aromatic carbocycles. The average Bonchev–Trinajstić information content (AvgIpc) is 2.84. The van der Waals surface area contributed by atoms with Crippen LogP contribution in [0.3, 0.4) is 0 Å². The van der Waals surface area contributed by atoms with Crippen molar-refractivity contribution in [2.45, 2.75) is 45.6 Å². The predicted molar refractivity (Wildman–Crippen MR) is 58.2 cm³/mol. The topological polar surface area (TPSA) is 68.0 Å². The fourth-order valence-corrected chi connectivity index (χ4v) is 2.36. The van der Waals surface area contributed by atoms with Crippen molar-refractivity contribution in [3.8, 4) is 0 Å². The summed E-state index contributed by atoms with van der Waals surface area (Å²) in [4.78, 5) is 14.3. The van der Waals surface area contributed by atoms with Crippen LogP contribution in [-0.2, 0) is 6.54 Å². The Bertz CT molecular complexity index is 380. The van der Waals surface area contributed by atoms with Gasteiger partial charge in [0.25, 0.3) is 5.82 Å². The zero-order valence-electron chi connectivity index (χ0n) is 9.52. The van der Waals surface area contributed by atoms with Crippen LogP contribution in [0.15, 0.2) is 6.33 Å². The number of carboxylic acids is 1. The van der Waals surface area contributed by atoms with E-state index in [-0.39, 0.29) is 5.82 Å². The van der Waals surface area contributed by atoms with Gasteiger partial charge in [-0.05, 0) is 24.7 Å². The van der Waals surface area contributed by atoms with Crippen LogP contribution in [-0.4, -0.2) is 25.8 Å². The van der Waals surface area contributed by atoms with Crippen LogP contribution in [0.1, 0.15) is 49.6 Å². The highest BCUT2D eigenvalue weighted by molar-refractivity contribution is 5.82. The molecule has 2 rings (SSSR count). The number of aryl methyl sites for hydroxylation is 1. The quantitative estimate of drug-likeness (QED) is 0.847. The second-order valence-electron chi connectivity index (χ2n) is 4.90. The lowest BCUT2D eigenvalue weighted by molar-refractivity contribution is 0.0683. The van der Waals surface area contributed by atoms with Crippen molar-refractivity contribution in [3.05, 3.63) is 12.2 Å². The van der Waals surface area contributed by atoms with Crippen molar-refractivity contribution in [1.82, 2.24) is 14.8 Å². The van der Waals surface area contributed by atoms with E-state index in [4.69, 9.17) is 5.11 Å². The Hall–Kier alpha value is -1.39. The SMILES string of the molecule is CC1(CCn2cnc(C(=O)O)n2)CCCC1. The number of aromatic nitrogens is 3. The van der Waals surface area contributed by atoms with Crippen molar-refractivity contribution in [2.24, 2.45) is 5.41 Å². The average molecular weight is 223 g/mol. The van der Waals surface area contributed by atoms with Crippen molar-refractivity contribution < 1.29 is 9.90 Å². The summed E-state index contributed by atoms with van der Waals surface area (Å²) in [5, 5.41) is 12.6. The van der Waals surface area contributed by atoms with Gasteiger partial charge in [0.15, 0.2) is 0 Å². The van der Waals surface area contributed by atoms with Gasteiger partial charge in [-0.2, -0.15) is 0 Å². The maximum atomic E-state index is 10.6. The maximum Gasteiger partial charge on any atom is 0.375 e. The standard InChI is InChI=1S/C11H17N3O2/c1-11(4-2-3-5-11)6-7-14-8-12-9(13-14)10(15)16/h8H,2-7H2,1H3,(H,15,16). The Balaban J connectivity index is 1.91. The van der Waals surface area contributed by atoms with E-state index >= 15 is 0 Å². The largest absolute Gasteiger partial charge is 0.475 e. The second kappa shape index (κ2) is 4.23. The van der Waals surface area contributed by atoms with Crippen molar-refractivity contribution >= 4 is 5.97 Å². The molecule has 1 N–H and O–H groups in total. The van der Waals surface area contributed by atoms with Gasteiger partial charge < -0.3 is 5.11 Å². The first-order valence-corrected chi connectivity index (χ1v) is 5.72. The minimum absolute atomic E-state index is 0.114. The molecule has 0 saturated heterocycles. The predicted octanol–water partition coefficient (Wildman–Crippen LogP) is 1.95. The summed E-state index contributed by atoms with van der Waals surface area (Å²) in [5.41, 5.74) is 0.412. The van der Waals surface area contributed by atoms with Crippen LogP contribution in [0.2, 0.25) is 0 Å². The van der Waals surface area contributed by atoms with Gasteiger partial charge in [-0.1, -0.05) is 19.8 Å². The summed E-state index contributed by atoms with van der Waals surface area (Å²) in [6, 6.07) is 0. The summed E-state index contributed by atoms with van der Waals surface area (Å²) < 4.78 is 1.63. The van der Waals surface area contributed by atoms with E-state index in [1.165, 1.54) is 32.0 Å². The van der Waals surface area contributed by atoms with Gasteiger partial charge in [-0.15, -0.1) is 5.10 Å². The number of carbonyl (C=O) groups is 1. The third-order valence-corrected chi connectivity index (χ3v) is 3.48. The smallest absolute Gasteiger partial charge is 0.375 e. The third-order valence-electron chi connectivity index (χ3n) is 3.48. The van der Waals surface area contributed by atoms with E-state index < -0.39 is 5.97 Å². The molecule has 1 heterocycles. The summed E-state index contributed by atoms with van der Waals surface area (Å²) in [5.74, 6) is -1.18. The van der Waals surface area contributed by atoms with Crippen LogP contribution in [0, 0.1) is 5.41 Å². The fraction of sp³-hybridized carbons (Fsp3) is 0.727. The molecule has 0 spiro atoms. The molecule has 0 atom stereocenters. The van der Waals surface area contributed by atoms with Crippen molar-refractivity contribution in [1.29, 1.82) is 0 Å². The Kier molecular flexibility index (Phi) is 2.94. The minimum atomic E-state index is -1.06. The molecule has 5 nitrogen and oxygen atoms in total. The first-order chi connectivity index (χ1) is 7.59. The molecule has 1 aromatic heterocycles. The molecule has 5 heteroatoms. The Labute approximate surface area is 94.5 Å². The van der Waals surface area contributed by atoms with Gasteiger partial charge in [-0.3, -0.25) is 4.68 Å². The van der Waals surface area contributed by atoms with Gasteiger partial charge in [0, 0.05) is 6.54 Å². The normalized spacial score (nSPS) is 18.8. The number of hydrogen-bond donors (Lipinski definition) is 1. The number of carboxylic acid groups (broad SMARTS) is 1. The highest BCUT2D eigenvalue weighted by Crippen LogP contribution is 2.40. The van der Waals surface area contributed by atoms with Crippen LogP contribution in [0.4, 0.5) is 0 Å². The Morgan fingerprint density at radius 3 is 2.81 bits per heavy atom. The molecule has 1 aliphatic rings. The number of aromatic carboxylic acids is 1. The van der Waals surface area contributed by atoms with E-state index in [9.17, 15) is 4.79 Å². The van der Waals surface area contributed by atoms with Gasteiger partial charge in [0.05, 0.1) is 0 Å². The van der Waals surface area contributed by atoms with E-state index in [2.05, 4.69) is 17.0 Å². The van der Waals surface area contributed by atoms with E-state index in [0.29, 0.717) is 5.41 Å². The monoisotopic (exact) mass is 223 g/mol. The minimum Gasteiger partial charge on any atom is -0.475 e. The first kappa shape index (κ1) is 11.1. The number of rotatable bonds is 4. The summed E-state index contributed by atoms with van der Waals surface area (Å²) in [6.45, 7) is 3.06. The molecular weight excluding hydrogens is 206 g/mol. The first-order valence-electron chi connectivity index (χ1n) is 5.72. The highest BCUT2D eigenvalue weighted by Gasteiger charge is 2.28. The van der Waals surface area contributed by atoms with Gasteiger partial charge in [-0.25, -0.2) is 9.78 Å². The van der Waals surface area contributed by atoms with Crippen LogP contribution >= 0.6 is 0 Å². The van der Waals surface area contributed by atoms with Gasteiger partial charge >= 0.3 is 5.97 Å². The molecule has 0 amide bonds. The lowest BCUT2D eigenvalue weighted by atomic mass is 9.85. The molecule has 0 aliphatic heterocycles. The van der Waals surface area contributed by atoms with Gasteiger partial charge in [0.2, 0.25) is 0 Å². The zero-order valence-corrected chi connectivity index (χ0v) is 9.52. The fourth-order valence-electron chi connectivity index (χ4n) is 2.36. The lowest BCUT2D eigenvalue weighted by Gasteiger charge is -2.22. The van der Waals surface area contributed by atoms with Crippen molar-refractivity contribution in [3.63, 3.8) is 0 Å². The van der Waals surface area contributed by atoms with Gasteiger partial charge in [0.1, 0.15) is 6.33 Å². The maximum absolute atomic E-state index is 10.6. The van der Waals surface area contributed by atoms with E-state index in [1.807, 2.05) is 0 Å². The summed E-state index contributed by atoms with van der Waals surface area (Å²) >= 11 is 0. The molecule has 1 aromatic rings. The molecule has 0 bridgehead atoms. The molecule has 16 heavy (non-hydrogen) atoms. The van der Waals surface area contributed by atoms with Crippen LogP contribution in [0.25, 0.3) is 0 Å². The lowest BCUT2D eigenvalue weighted by Crippen LogP contribution is -2.15. The number of hydrogen-bond acceptors (Lipinski definition) is 3. The molecular formula is C11H17N3O2.